The molecule has 0 rings (SSSR count). The van der Waals surface area contributed by atoms with Gasteiger partial charge in [0.1, 0.15) is 0 Å². The molecule has 0 nitrogen and oxygen atoms in total. The van der Waals surface area contributed by atoms with Crippen LogP contribution in [-0.2, 0) is 0 Å². The minimum Gasteiger partial charge on any atom is -0.0964 e. The van der Waals surface area contributed by atoms with Gasteiger partial charge in [-0.2, -0.15) is 0 Å². The maximum absolute atomic E-state index is 6.57. The lowest BCUT2D eigenvalue weighted by Crippen LogP contribution is -1.89. The Hall–Kier alpha value is 0.720. The van der Waals surface area contributed by atoms with Crippen molar-refractivity contribution in [3.63, 3.8) is 0 Å². The topological polar surface area (TPSA) is 0 Å². The molecule has 0 aromatic heterocycles. The van der Waals surface area contributed by atoms with Gasteiger partial charge in [-0.15, -0.1) is 0 Å². The Kier molecular flexibility index (Phi) is 24.4. The first kappa shape index (κ1) is 26.7. The molecule has 0 saturated carbocycles. The van der Waals surface area contributed by atoms with Crippen LogP contribution in [0.2, 0.25) is 0 Å². The molecule has 0 bridgehead atoms. The van der Waals surface area contributed by atoms with Crippen LogP contribution in [-0.4, -0.2) is 12.3 Å². The molecule has 0 heterocycles. The second kappa shape index (κ2) is 23.8. The summed E-state index contributed by atoms with van der Waals surface area (Å²) in [4.78, 5) is 0. The molecule has 0 aliphatic rings. The van der Waals surface area contributed by atoms with Crippen LogP contribution in [0.5, 0.6) is 0 Å². The van der Waals surface area contributed by atoms with Crippen LogP contribution in [0.25, 0.3) is 0 Å². The molecule has 0 atom stereocenters. The predicted molar refractivity (Wildman–Crippen MR) is 126 cm³/mol. The van der Waals surface area contributed by atoms with Crippen molar-refractivity contribution in [2.24, 2.45) is 0 Å². The highest BCUT2D eigenvalue weighted by Crippen LogP contribution is 2.43. The normalized spacial score (nSPS) is 11.5. The lowest BCUT2D eigenvalue weighted by molar-refractivity contribution is 0.561. The third-order valence-corrected chi connectivity index (χ3v) is 8.13. The van der Waals surface area contributed by atoms with E-state index in [4.69, 9.17) is 11.2 Å². The molecule has 0 saturated heterocycles. The maximum Gasteiger partial charge on any atom is -0.00973 e. The average Bonchev–Trinajstić information content (AvgIpc) is 2.64. The summed E-state index contributed by atoms with van der Waals surface area (Å²) in [5.41, 5.74) is 0. The minimum atomic E-state index is -0.177. The lowest BCUT2D eigenvalue weighted by atomic mass is 10.1. The summed E-state index contributed by atoms with van der Waals surface area (Å²) >= 11 is 6.57. The Labute approximate surface area is 173 Å². The lowest BCUT2D eigenvalue weighted by Gasteiger charge is -2.09. The second-order valence-electron chi connectivity index (χ2n) is 8.27. The predicted octanol–water partition coefficient (Wildman–Crippen LogP) is 10.5. The smallest absolute Gasteiger partial charge is 0.00973 e. The average molecular weight is 405 g/mol. The van der Waals surface area contributed by atoms with E-state index in [0.29, 0.717) is 0 Å². The molecule has 2 heteroatoms. The molecule has 0 aliphatic heterocycles. The van der Waals surface area contributed by atoms with Crippen LogP contribution >= 0.6 is 18.5 Å². The van der Waals surface area contributed by atoms with Gasteiger partial charge in [0.15, 0.2) is 0 Å². The SMILES string of the molecule is CCCCCCCCCCCCP(Cl)CCCCCCCCCCCC. The first-order chi connectivity index (χ1) is 12.8. The van der Waals surface area contributed by atoms with Gasteiger partial charge in [-0.05, 0) is 32.4 Å². The van der Waals surface area contributed by atoms with Crippen molar-refractivity contribution in [2.75, 3.05) is 12.3 Å². The maximum atomic E-state index is 6.57. The fourth-order valence-corrected chi connectivity index (χ4v) is 5.73. The van der Waals surface area contributed by atoms with Crippen LogP contribution < -0.4 is 0 Å². The van der Waals surface area contributed by atoms with E-state index < -0.39 is 0 Å². The van der Waals surface area contributed by atoms with E-state index in [9.17, 15) is 0 Å². The second-order valence-corrected chi connectivity index (χ2v) is 11.5. The van der Waals surface area contributed by atoms with Gasteiger partial charge in [-0.3, -0.25) is 0 Å². The molecule has 0 amide bonds. The molecule has 0 aromatic rings. The number of rotatable bonds is 22. The van der Waals surface area contributed by atoms with Crippen LogP contribution in [0.1, 0.15) is 142 Å². The number of halogens is 1. The zero-order valence-electron chi connectivity index (χ0n) is 18.4. The van der Waals surface area contributed by atoms with Crippen molar-refractivity contribution in [3.8, 4) is 0 Å². The van der Waals surface area contributed by atoms with Gasteiger partial charge in [0.25, 0.3) is 0 Å². The summed E-state index contributed by atoms with van der Waals surface area (Å²) in [6, 6.07) is 0. The monoisotopic (exact) mass is 404 g/mol. The van der Waals surface area contributed by atoms with E-state index in [1.807, 2.05) is 0 Å². The number of hydrogen-bond donors (Lipinski definition) is 0. The first-order valence-corrected chi connectivity index (χ1v) is 14.8. The van der Waals surface area contributed by atoms with Gasteiger partial charge in [0.2, 0.25) is 0 Å². The van der Waals surface area contributed by atoms with Crippen LogP contribution in [0, 0.1) is 0 Å². The largest absolute Gasteiger partial charge is 0.0964 e. The minimum absolute atomic E-state index is 0.177. The van der Waals surface area contributed by atoms with Gasteiger partial charge in [-0.1, -0.05) is 141 Å². The number of hydrogen-bond acceptors (Lipinski definition) is 0. The summed E-state index contributed by atoms with van der Waals surface area (Å²) in [6.07, 6.45) is 31.2. The van der Waals surface area contributed by atoms with Gasteiger partial charge in [-0.25, -0.2) is 0 Å². The first-order valence-electron chi connectivity index (χ1n) is 12.2. The van der Waals surface area contributed by atoms with Gasteiger partial charge in [0.05, 0.1) is 0 Å². The molecule has 0 N–H and O–H groups in total. The van der Waals surface area contributed by atoms with Crippen LogP contribution in [0.15, 0.2) is 0 Å². The molecule has 0 unspecified atom stereocenters. The summed E-state index contributed by atoms with van der Waals surface area (Å²) in [5, 5.41) is 0. The molecule has 158 valence electrons. The third-order valence-electron chi connectivity index (χ3n) is 5.51. The standard InChI is InChI=1S/C24H50ClP/c1-3-5-7-9-11-13-15-17-19-21-23-26(25)24-22-20-18-16-14-12-10-8-6-4-2/h3-24H2,1-2H3. The zero-order valence-corrected chi connectivity index (χ0v) is 20.0. The van der Waals surface area contributed by atoms with Crippen LogP contribution in [0.3, 0.4) is 0 Å². The van der Waals surface area contributed by atoms with E-state index >= 15 is 0 Å². The molecule has 0 aromatic carbocycles. The highest BCUT2D eigenvalue weighted by Gasteiger charge is 2.04. The Morgan fingerprint density at radius 3 is 0.885 bits per heavy atom. The van der Waals surface area contributed by atoms with Gasteiger partial charge in [0, 0.05) is 0 Å². The molecule has 0 aliphatic carbocycles. The quantitative estimate of drug-likeness (QED) is 0.124. The summed E-state index contributed by atoms with van der Waals surface area (Å²) in [6.45, 7) is 4.59. The van der Waals surface area contributed by atoms with Crippen molar-refractivity contribution < 1.29 is 0 Å². The number of unbranched alkanes of at least 4 members (excludes halogenated alkanes) is 18. The van der Waals surface area contributed by atoms with Crippen LogP contribution in [0.4, 0.5) is 0 Å². The Morgan fingerprint density at radius 2 is 0.615 bits per heavy atom. The molecule has 0 radical (unpaired) electrons. The zero-order chi connectivity index (χ0) is 19.1. The highest BCUT2D eigenvalue weighted by atomic mass is 35.7. The third kappa shape index (κ3) is 22.8. The molecule has 0 spiro atoms. The van der Waals surface area contributed by atoms with Crippen molar-refractivity contribution in [3.05, 3.63) is 0 Å². The van der Waals surface area contributed by atoms with Crippen molar-refractivity contribution in [1.82, 2.24) is 0 Å². The molecular weight excluding hydrogens is 355 g/mol. The molecule has 26 heavy (non-hydrogen) atoms. The highest BCUT2D eigenvalue weighted by molar-refractivity contribution is 7.83. The Bertz CT molecular complexity index is 220. The molecule has 0 fully saturated rings. The van der Waals surface area contributed by atoms with Gasteiger partial charge < -0.3 is 0 Å². The fourth-order valence-electron chi connectivity index (χ4n) is 3.65. The van der Waals surface area contributed by atoms with Crippen molar-refractivity contribution >= 4 is 18.5 Å². The van der Waals surface area contributed by atoms with E-state index in [0.717, 1.165) is 0 Å². The molecular formula is C24H50ClP. The summed E-state index contributed by atoms with van der Waals surface area (Å²) in [7, 11) is -0.177. The van der Waals surface area contributed by atoms with Gasteiger partial charge >= 0.3 is 0 Å². The summed E-state index contributed by atoms with van der Waals surface area (Å²) in [5.74, 6) is 0. The van der Waals surface area contributed by atoms with E-state index in [-0.39, 0.29) is 7.27 Å². The van der Waals surface area contributed by atoms with Crippen molar-refractivity contribution in [2.45, 2.75) is 142 Å². The summed E-state index contributed by atoms with van der Waals surface area (Å²) < 4.78 is 0. The fraction of sp³-hybridized carbons (Fsp3) is 1.00. The van der Waals surface area contributed by atoms with Crippen molar-refractivity contribution in [1.29, 1.82) is 0 Å². The van der Waals surface area contributed by atoms with E-state index in [1.54, 1.807) is 0 Å². The Morgan fingerprint density at radius 1 is 0.385 bits per heavy atom. The van der Waals surface area contributed by atoms with E-state index in [2.05, 4.69) is 13.8 Å². The van der Waals surface area contributed by atoms with E-state index in [1.165, 1.54) is 141 Å². The Balaban J connectivity index is 3.12.